The van der Waals surface area contributed by atoms with Crippen molar-refractivity contribution in [2.75, 3.05) is 17.7 Å². The van der Waals surface area contributed by atoms with Crippen molar-refractivity contribution in [2.45, 2.75) is 48.7 Å². The van der Waals surface area contributed by atoms with E-state index in [1.54, 1.807) is 48.5 Å². The number of nitrogens with one attached hydrogen (secondary N) is 3. The van der Waals surface area contributed by atoms with Crippen LogP contribution in [0.1, 0.15) is 73.2 Å². The van der Waals surface area contributed by atoms with Crippen LogP contribution >= 0.6 is 34.4 Å². The molecule has 260 valence electrons. The molecule has 0 radical (unpaired) electrons. The molecule has 2 aromatic heterocycles. The number of esters is 1. The van der Waals surface area contributed by atoms with Gasteiger partial charge in [0.15, 0.2) is 0 Å². The second-order valence-electron chi connectivity index (χ2n) is 11.9. The van der Waals surface area contributed by atoms with Crippen molar-refractivity contribution in [2.24, 2.45) is 0 Å². The Kier molecular flexibility index (Phi) is 12.2. The maximum atomic E-state index is 14.2. The predicted molar refractivity (Wildman–Crippen MR) is 206 cm³/mol. The van der Waals surface area contributed by atoms with E-state index in [4.69, 9.17) is 4.74 Å². The molecule has 3 amide bonds. The smallest absolute Gasteiger partial charge is 0.341 e. The van der Waals surface area contributed by atoms with E-state index in [9.17, 15) is 19.2 Å². The van der Waals surface area contributed by atoms with Crippen molar-refractivity contribution in [1.29, 1.82) is 0 Å². The molecule has 0 fully saturated rings. The molecule has 8 nitrogen and oxygen atoms in total. The van der Waals surface area contributed by atoms with Gasteiger partial charge in [-0.1, -0.05) is 67.4 Å². The third-order valence-electron chi connectivity index (χ3n) is 8.37. The van der Waals surface area contributed by atoms with Gasteiger partial charge >= 0.3 is 5.97 Å². The summed E-state index contributed by atoms with van der Waals surface area (Å²) in [7, 11) is 1.37. The van der Waals surface area contributed by atoms with Gasteiger partial charge in [-0.25, -0.2) is 4.79 Å². The molecule has 6 rings (SSSR count). The molecule has 0 saturated carbocycles. The van der Waals surface area contributed by atoms with E-state index in [2.05, 4.69) is 16.0 Å². The number of anilines is 2. The lowest BCUT2D eigenvalue weighted by atomic mass is 9.96. The van der Waals surface area contributed by atoms with Crippen LogP contribution in [-0.4, -0.2) is 30.8 Å². The van der Waals surface area contributed by atoms with Crippen LogP contribution in [0.4, 0.5) is 10.7 Å². The lowest BCUT2D eigenvalue weighted by molar-refractivity contribution is -0.116. The third-order valence-corrected chi connectivity index (χ3v) is 11.5. The molecule has 3 N–H and O–H groups in total. The number of aryl methyl sites for hydroxylation is 1. The summed E-state index contributed by atoms with van der Waals surface area (Å²) in [6.07, 6.45) is 7.57. The fourth-order valence-corrected chi connectivity index (χ4v) is 8.83. The number of fused-ring (bicyclic) bond motifs is 1. The van der Waals surface area contributed by atoms with Crippen LogP contribution in [0.15, 0.2) is 112 Å². The van der Waals surface area contributed by atoms with Gasteiger partial charge in [-0.2, -0.15) is 11.3 Å². The molecule has 1 aliphatic carbocycles. The van der Waals surface area contributed by atoms with Crippen molar-refractivity contribution < 1.29 is 23.9 Å². The number of hydrogen-bond acceptors (Lipinski definition) is 8. The molecule has 0 spiro atoms. The Morgan fingerprint density at radius 2 is 1.59 bits per heavy atom. The van der Waals surface area contributed by atoms with E-state index < -0.39 is 23.0 Å². The van der Waals surface area contributed by atoms with E-state index in [1.165, 1.54) is 41.5 Å². The quantitative estimate of drug-likeness (QED) is 0.0709. The number of rotatable bonds is 11. The number of methoxy groups -OCH3 is 1. The molecule has 1 atom stereocenters. The summed E-state index contributed by atoms with van der Waals surface area (Å²) >= 11 is 4.29. The fourth-order valence-electron chi connectivity index (χ4n) is 5.85. The minimum Gasteiger partial charge on any atom is -0.465 e. The van der Waals surface area contributed by atoms with Crippen LogP contribution in [0, 0.1) is 0 Å². The zero-order valence-electron chi connectivity index (χ0n) is 28.0. The lowest BCUT2D eigenvalue weighted by Gasteiger charge is -2.18. The zero-order chi connectivity index (χ0) is 35.6. The molecule has 2 heterocycles. The SMILES string of the molecule is COC(=O)c1c(NC(=O)C(Sc2cccc(NC(=O)/C(=C/c3ccsc3)NC(=O)c3ccccc3)c2)c2ccccc2)sc2c1CCCCCC2. The molecule has 1 aliphatic rings. The van der Waals surface area contributed by atoms with Crippen molar-refractivity contribution in [1.82, 2.24) is 5.32 Å². The molecule has 0 saturated heterocycles. The van der Waals surface area contributed by atoms with Gasteiger partial charge in [0, 0.05) is 21.0 Å². The van der Waals surface area contributed by atoms with Crippen molar-refractivity contribution in [3.8, 4) is 0 Å². The molecule has 5 aromatic rings. The van der Waals surface area contributed by atoms with Gasteiger partial charge in [0.1, 0.15) is 15.9 Å². The Morgan fingerprint density at radius 1 is 0.843 bits per heavy atom. The molecule has 11 heteroatoms. The third kappa shape index (κ3) is 9.23. The molecule has 0 bridgehead atoms. The van der Waals surface area contributed by atoms with Crippen LogP contribution in [0.5, 0.6) is 0 Å². The van der Waals surface area contributed by atoms with Crippen molar-refractivity contribution in [3.63, 3.8) is 0 Å². The summed E-state index contributed by atoms with van der Waals surface area (Å²) < 4.78 is 5.18. The average molecular weight is 736 g/mol. The summed E-state index contributed by atoms with van der Waals surface area (Å²) in [5.41, 5.74) is 4.03. The summed E-state index contributed by atoms with van der Waals surface area (Å²) in [4.78, 5) is 55.7. The number of carbonyl (C=O) groups is 4. The van der Waals surface area contributed by atoms with Crippen molar-refractivity contribution >= 4 is 74.9 Å². The second kappa shape index (κ2) is 17.3. The van der Waals surface area contributed by atoms with Crippen LogP contribution in [-0.2, 0) is 27.2 Å². The van der Waals surface area contributed by atoms with E-state index in [0.29, 0.717) is 21.8 Å². The number of thiophene rings is 2. The second-order valence-corrected chi connectivity index (χ2v) is 15.0. The van der Waals surface area contributed by atoms with Gasteiger partial charge in [-0.05, 0) is 95.6 Å². The Labute approximate surface area is 309 Å². The van der Waals surface area contributed by atoms with Crippen LogP contribution in [0.3, 0.4) is 0 Å². The van der Waals surface area contributed by atoms with Gasteiger partial charge in [0.25, 0.3) is 11.8 Å². The maximum Gasteiger partial charge on any atom is 0.341 e. The molecular weight excluding hydrogens is 699 g/mol. The predicted octanol–water partition coefficient (Wildman–Crippen LogP) is 9.14. The normalized spacial score (nSPS) is 13.5. The largest absolute Gasteiger partial charge is 0.465 e. The van der Waals surface area contributed by atoms with Gasteiger partial charge in [-0.15, -0.1) is 23.1 Å². The number of thioether (sulfide) groups is 1. The Hall–Kier alpha value is -4.97. The van der Waals surface area contributed by atoms with Crippen molar-refractivity contribution in [3.05, 3.63) is 140 Å². The standard InChI is InChI=1S/C40H37N3O5S3/c1-48-40(47)34-31-19-10-2-3-11-20-33(31)51-39(34)43-38(46)35(27-13-6-4-7-14-27)50-30-18-12-17-29(24-30)41-37(45)32(23-26-21-22-49-25-26)42-36(44)28-15-8-5-9-16-28/h4-9,12-18,21-25,35H,2-3,10-11,19-20H2,1H3,(H,41,45)(H,42,44)(H,43,46)/b32-23-. The first kappa shape index (κ1) is 35.8. The Balaban J connectivity index is 1.24. The molecule has 51 heavy (non-hydrogen) atoms. The van der Waals surface area contributed by atoms with Gasteiger partial charge in [0.2, 0.25) is 5.91 Å². The first-order chi connectivity index (χ1) is 24.9. The topological polar surface area (TPSA) is 114 Å². The summed E-state index contributed by atoms with van der Waals surface area (Å²) in [5, 5.41) is 12.4. The number of ether oxygens (including phenoxy) is 1. The number of benzene rings is 3. The maximum absolute atomic E-state index is 14.2. The Morgan fingerprint density at radius 3 is 2.31 bits per heavy atom. The lowest BCUT2D eigenvalue weighted by Crippen LogP contribution is -2.30. The summed E-state index contributed by atoms with van der Waals surface area (Å²) in [6, 6.07) is 27.3. The summed E-state index contributed by atoms with van der Waals surface area (Å²) in [6.45, 7) is 0. The monoisotopic (exact) mass is 735 g/mol. The highest BCUT2D eigenvalue weighted by molar-refractivity contribution is 8.00. The molecule has 1 unspecified atom stereocenters. The van der Waals surface area contributed by atoms with E-state index >= 15 is 0 Å². The van der Waals surface area contributed by atoms with Crippen LogP contribution in [0.25, 0.3) is 6.08 Å². The number of carbonyl (C=O) groups excluding carboxylic acids is 4. The highest BCUT2D eigenvalue weighted by atomic mass is 32.2. The molecular formula is C40H37N3O5S3. The number of amides is 3. The van der Waals surface area contributed by atoms with E-state index in [0.717, 1.165) is 65.0 Å². The van der Waals surface area contributed by atoms with Gasteiger partial charge in [-0.3, -0.25) is 14.4 Å². The Bertz CT molecular complexity index is 2020. The average Bonchev–Trinajstić information content (AvgIpc) is 3.78. The highest BCUT2D eigenvalue weighted by Crippen LogP contribution is 2.41. The van der Waals surface area contributed by atoms with Crippen LogP contribution < -0.4 is 16.0 Å². The minimum absolute atomic E-state index is 0.0910. The molecule has 0 aliphatic heterocycles. The molecule has 3 aromatic carbocycles. The van der Waals surface area contributed by atoms with E-state index in [-0.39, 0.29) is 11.6 Å². The fraction of sp³-hybridized carbons (Fsp3) is 0.200. The van der Waals surface area contributed by atoms with Gasteiger partial charge < -0.3 is 20.7 Å². The first-order valence-electron chi connectivity index (χ1n) is 16.7. The van der Waals surface area contributed by atoms with Gasteiger partial charge in [0.05, 0.1) is 12.7 Å². The summed E-state index contributed by atoms with van der Waals surface area (Å²) in [5.74, 6) is -1.61. The number of hydrogen-bond donors (Lipinski definition) is 3. The minimum atomic E-state index is -0.674. The van der Waals surface area contributed by atoms with Crippen LogP contribution in [0.2, 0.25) is 0 Å². The first-order valence-corrected chi connectivity index (χ1v) is 19.3. The van der Waals surface area contributed by atoms with E-state index in [1.807, 2.05) is 59.3 Å². The zero-order valence-corrected chi connectivity index (χ0v) is 30.4. The highest BCUT2D eigenvalue weighted by Gasteiger charge is 2.29.